The lowest BCUT2D eigenvalue weighted by atomic mass is 9.91. The van der Waals surface area contributed by atoms with Crippen molar-refractivity contribution in [3.8, 4) is 0 Å². The number of hydrogen-bond donors (Lipinski definition) is 2. The van der Waals surface area contributed by atoms with Gasteiger partial charge in [0.25, 0.3) is 0 Å². The van der Waals surface area contributed by atoms with Crippen molar-refractivity contribution in [1.29, 1.82) is 0 Å². The van der Waals surface area contributed by atoms with Crippen molar-refractivity contribution in [1.82, 2.24) is 10.6 Å². The molecule has 2 aliphatic heterocycles. The van der Waals surface area contributed by atoms with Crippen LogP contribution in [0.2, 0.25) is 0 Å². The van der Waals surface area contributed by atoms with Crippen LogP contribution in [0.3, 0.4) is 0 Å². The van der Waals surface area contributed by atoms with E-state index in [9.17, 15) is 0 Å². The topological polar surface area (TPSA) is 33.3 Å². The van der Waals surface area contributed by atoms with Crippen molar-refractivity contribution < 1.29 is 4.74 Å². The van der Waals surface area contributed by atoms with Gasteiger partial charge in [0.1, 0.15) is 0 Å². The van der Waals surface area contributed by atoms with Crippen LogP contribution in [0.15, 0.2) is 0 Å². The van der Waals surface area contributed by atoms with Gasteiger partial charge < -0.3 is 15.4 Å². The molecule has 2 fully saturated rings. The van der Waals surface area contributed by atoms with Crippen molar-refractivity contribution in [3.05, 3.63) is 0 Å². The van der Waals surface area contributed by atoms with Crippen LogP contribution in [0.25, 0.3) is 0 Å². The molecule has 0 aromatic heterocycles. The van der Waals surface area contributed by atoms with E-state index in [1.807, 2.05) is 0 Å². The molecular formula is C9H18N2O. The molecule has 2 rings (SSSR count). The average Bonchev–Trinajstić information content (AvgIpc) is 2.21. The minimum atomic E-state index is 0.701. The molecule has 0 amide bonds. The first-order valence-corrected chi connectivity index (χ1v) is 4.98. The maximum atomic E-state index is 5.47. The van der Waals surface area contributed by atoms with Crippen LogP contribution in [0.4, 0.5) is 0 Å². The summed E-state index contributed by atoms with van der Waals surface area (Å²) in [4.78, 5) is 0. The molecular weight excluding hydrogens is 152 g/mol. The molecule has 12 heavy (non-hydrogen) atoms. The summed E-state index contributed by atoms with van der Waals surface area (Å²) in [6, 6.07) is 0.701. The number of rotatable bonds is 1. The first-order chi connectivity index (χ1) is 5.97. The number of ether oxygens (including phenoxy) is 1. The van der Waals surface area contributed by atoms with Crippen molar-refractivity contribution >= 4 is 0 Å². The van der Waals surface area contributed by atoms with E-state index in [4.69, 9.17) is 4.74 Å². The van der Waals surface area contributed by atoms with Crippen LogP contribution in [-0.4, -0.2) is 32.5 Å². The Morgan fingerprint density at radius 2 is 2.25 bits per heavy atom. The van der Waals surface area contributed by atoms with Gasteiger partial charge in [0.05, 0.1) is 6.61 Å². The van der Waals surface area contributed by atoms with Gasteiger partial charge in [0.15, 0.2) is 0 Å². The smallest absolute Gasteiger partial charge is 0.0509 e. The Morgan fingerprint density at radius 1 is 1.25 bits per heavy atom. The summed E-state index contributed by atoms with van der Waals surface area (Å²) in [5.74, 6) is 0.765. The summed E-state index contributed by atoms with van der Waals surface area (Å²) in [6.07, 6.45) is 3.85. The lowest BCUT2D eigenvalue weighted by molar-refractivity contribution is 0.0349. The summed E-state index contributed by atoms with van der Waals surface area (Å²) in [5.41, 5.74) is 0. The molecule has 2 heterocycles. The lowest BCUT2D eigenvalue weighted by Gasteiger charge is -2.33. The molecule has 2 N–H and O–H groups in total. The highest BCUT2D eigenvalue weighted by atomic mass is 16.5. The third-order valence-electron chi connectivity index (χ3n) is 2.89. The van der Waals surface area contributed by atoms with Gasteiger partial charge in [0, 0.05) is 19.3 Å². The van der Waals surface area contributed by atoms with E-state index in [0.717, 1.165) is 32.3 Å². The monoisotopic (exact) mass is 170 g/mol. The van der Waals surface area contributed by atoms with E-state index in [1.54, 1.807) is 0 Å². The summed E-state index contributed by atoms with van der Waals surface area (Å²) >= 11 is 0. The molecule has 3 nitrogen and oxygen atoms in total. The van der Waals surface area contributed by atoms with E-state index < -0.39 is 0 Å². The maximum absolute atomic E-state index is 5.47. The van der Waals surface area contributed by atoms with Crippen molar-refractivity contribution in [2.75, 3.05) is 26.4 Å². The van der Waals surface area contributed by atoms with Gasteiger partial charge in [-0.25, -0.2) is 0 Å². The molecule has 0 aromatic carbocycles. The molecule has 2 saturated heterocycles. The second kappa shape index (κ2) is 4.21. The van der Waals surface area contributed by atoms with E-state index in [2.05, 4.69) is 10.6 Å². The molecule has 2 unspecified atom stereocenters. The summed E-state index contributed by atoms with van der Waals surface area (Å²) in [7, 11) is 0. The molecule has 3 heteroatoms. The molecule has 0 aliphatic carbocycles. The molecule has 2 aliphatic rings. The van der Waals surface area contributed by atoms with Gasteiger partial charge in [-0.3, -0.25) is 0 Å². The minimum absolute atomic E-state index is 0.701. The van der Waals surface area contributed by atoms with E-state index in [-0.39, 0.29) is 0 Å². The normalized spacial score (nSPS) is 38.0. The summed E-state index contributed by atoms with van der Waals surface area (Å²) in [6.45, 7) is 4.08. The Hall–Kier alpha value is -0.120. The van der Waals surface area contributed by atoms with Crippen LogP contribution in [0.5, 0.6) is 0 Å². The van der Waals surface area contributed by atoms with Gasteiger partial charge in [-0.1, -0.05) is 0 Å². The van der Waals surface area contributed by atoms with Crippen LogP contribution in [0, 0.1) is 5.92 Å². The molecule has 0 radical (unpaired) electrons. The zero-order valence-electron chi connectivity index (χ0n) is 7.51. The SMILES string of the molecule is C1COCC(C2CCNCN2)C1. The van der Waals surface area contributed by atoms with Crippen molar-refractivity contribution in [2.45, 2.75) is 25.3 Å². The average molecular weight is 170 g/mol. The molecule has 2 atom stereocenters. The third kappa shape index (κ3) is 1.97. The quantitative estimate of drug-likeness (QED) is 0.594. The standard InChI is InChI=1S/C9H18N2O/c1-2-8(6-12-5-1)9-3-4-10-7-11-9/h8-11H,1-7H2. The largest absolute Gasteiger partial charge is 0.381 e. The Labute approximate surface area is 73.9 Å². The lowest BCUT2D eigenvalue weighted by Crippen LogP contribution is -2.50. The number of nitrogens with one attached hydrogen (secondary N) is 2. The van der Waals surface area contributed by atoms with Crippen molar-refractivity contribution in [3.63, 3.8) is 0 Å². The fourth-order valence-corrected chi connectivity index (χ4v) is 2.14. The van der Waals surface area contributed by atoms with Gasteiger partial charge in [-0.15, -0.1) is 0 Å². The maximum Gasteiger partial charge on any atom is 0.0509 e. The van der Waals surface area contributed by atoms with Crippen LogP contribution in [-0.2, 0) is 4.74 Å². The highest BCUT2D eigenvalue weighted by Crippen LogP contribution is 2.19. The van der Waals surface area contributed by atoms with E-state index >= 15 is 0 Å². The molecule has 0 spiro atoms. The highest BCUT2D eigenvalue weighted by Gasteiger charge is 2.24. The van der Waals surface area contributed by atoms with Gasteiger partial charge in [0.2, 0.25) is 0 Å². The first-order valence-electron chi connectivity index (χ1n) is 4.98. The van der Waals surface area contributed by atoms with Crippen LogP contribution < -0.4 is 10.6 Å². The van der Waals surface area contributed by atoms with Gasteiger partial charge >= 0.3 is 0 Å². The highest BCUT2D eigenvalue weighted by molar-refractivity contribution is 4.81. The Bertz CT molecular complexity index is 112. The van der Waals surface area contributed by atoms with Crippen LogP contribution >= 0.6 is 0 Å². The van der Waals surface area contributed by atoms with Crippen LogP contribution in [0.1, 0.15) is 19.3 Å². The Balaban J connectivity index is 1.80. The summed E-state index contributed by atoms with van der Waals surface area (Å²) in [5, 5.41) is 6.80. The third-order valence-corrected chi connectivity index (χ3v) is 2.89. The zero-order chi connectivity index (χ0) is 8.23. The molecule has 70 valence electrons. The fourth-order valence-electron chi connectivity index (χ4n) is 2.14. The second-order valence-electron chi connectivity index (χ2n) is 3.75. The van der Waals surface area contributed by atoms with E-state index in [0.29, 0.717) is 6.04 Å². The van der Waals surface area contributed by atoms with Crippen molar-refractivity contribution in [2.24, 2.45) is 5.92 Å². The Kier molecular flexibility index (Phi) is 2.98. The minimum Gasteiger partial charge on any atom is -0.381 e. The first kappa shape index (κ1) is 8.48. The predicted molar refractivity (Wildman–Crippen MR) is 48.0 cm³/mol. The number of hydrogen-bond acceptors (Lipinski definition) is 3. The Morgan fingerprint density at radius 3 is 2.92 bits per heavy atom. The van der Waals surface area contributed by atoms with E-state index in [1.165, 1.54) is 19.3 Å². The van der Waals surface area contributed by atoms with Gasteiger partial charge in [-0.2, -0.15) is 0 Å². The fraction of sp³-hybridized carbons (Fsp3) is 1.00. The van der Waals surface area contributed by atoms with Gasteiger partial charge in [-0.05, 0) is 31.7 Å². The molecule has 0 bridgehead atoms. The molecule has 0 saturated carbocycles. The zero-order valence-corrected chi connectivity index (χ0v) is 7.51. The second-order valence-corrected chi connectivity index (χ2v) is 3.75. The predicted octanol–water partition coefficient (Wildman–Crippen LogP) is 0.322. The summed E-state index contributed by atoms with van der Waals surface area (Å²) < 4.78 is 5.47. The molecule has 0 aromatic rings.